The maximum absolute atomic E-state index is 12.4. The summed E-state index contributed by atoms with van der Waals surface area (Å²) in [5.74, 6) is 0.218. The summed E-state index contributed by atoms with van der Waals surface area (Å²) in [6.45, 7) is 6.81. The second-order valence-electron chi connectivity index (χ2n) is 6.99. The number of halogens is 2. The second kappa shape index (κ2) is 4.85. The first kappa shape index (κ1) is 15.1. The first-order valence-corrected chi connectivity index (χ1v) is 8.03. The van der Waals surface area contributed by atoms with E-state index in [9.17, 15) is 4.79 Å². The van der Waals surface area contributed by atoms with Gasteiger partial charge in [0.1, 0.15) is 11.3 Å². The molecule has 1 aromatic rings. The minimum Gasteiger partial charge on any atom is -0.458 e. The van der Waals surface area contributed by atoms with E-state index in [4.69, 9.17) is 27.9 Å². The summed E-state index contributed by atoms with van der Waals surface area (Å²) in [5, 5.41) is 0.516. The van der Waals surface area contributed by atoms with Crippen molar-refractivity contribution in [1.29, 1.82) is 0 Å². The molecule has 3 rings (SSSR count). The van der Waals surface area contributed by atoms with Gasteiger partial charge in [-0.15, -0.1) is 0 Å². The molecule has 5 heteroatoms. The van der Waals surface area contributed by atoms with E-state index in [1.807, 2.05) is 0 Å². The first-order chi connectivity index (χ1) is 9.75. The maximum atomic E-state index is 12.4. The molecule has 1 aromatic heterocycles. The van der Waals surface area contributed by atoms with Crippen LogP contribution in [0.15, 0.2) is 12.3 Å². The van der Waals surface area contributed by atoms with Crippen LogP contribution in [0.1, 0.15) is 50.4 Å². The molecule has 2 aliphatic rings. The molecule has 2 bridgehead atoms. The summed E-state index contributed by atoms with van der Waals surface area (Å²) in [6.07, 6.45) is 4.59. The Morgan fingerprint density at radius 2 is 2.10 bits per heavy atom. The van der Waals surface area contributed by atoms with Crippen molar-refractivity contribution in [3.05, 3.63) is 28.0 Å². The molecule has 114 valence electrons. The number of nitrogens with zero attached hydrogens (tertiary/aromatic N) is 1. The molecular formula is C16H19Cl2NO2. The molecule has 1 heterocycles. The SMILES string of the molecule is CC1(C)C2CCC1(C)C(OC(=O)c1cc(Cl)ncc1Cl)C2. The Balaban J connectivity index is 1.82. The lowest BCUT2D eigenvalue weighted by Crippen LogP contribution is -2.38. The van der Waals surface area contributed by atoms with Gasteiger partial charge in [0.2, 0.25) is 0 Å². The lowest BCUT2D eigenvalue weighted by molar-refractivity contribution is -0.0242. The van der Waals surface area contributed by atoms with Gasteiger partial charge in [-0.3, -0.25) is 0 Å². The number of hydrogen-bond acceptors (Lipinski definition) is 3. The van der Waals surface area contributed by atoms with Gasteiger partial charge in [0.15, 0.2) is 0 Å². The number of aromatic nitrogens is 1. The lowest BCUT2D eigenvalue weighted by atomic mass is 9.70. The van der Waals surface area contributed by atoms with Crippen LogP contribution in [0.4, 0.5) is 0 Å². The Kier molecular flexibility index (Phi) is 3.49. The van der Waals surface area contributed by atoms with Crippen LogP contribution >= 0.6 is 23.2 Å². The predicted octanol–water partition coefficient (Wildman–Crippen LogP) is 4.76. The van der Waals surface area contributed by atoms with E-state index in [-0.39, 0.29) is 27.1 Å². The molecule has 2 aliphatic carbocycles. The zero-order valence-electron chi connectivity index (χ0n) is 12.5. The maximum Gasteiger partial charge on any atom is 0.340 e. The van der Waals surface area contributed by atoms with Crippen molar-refractivity contribution in [3.63, 3.8) is 0 Å². The van der Waals surface area contributed by atoms with E-state index in [1.165, 1.54) is 18.7 Å². The van der Waals surface area contributed by atoms with E-state index in [2.05, 4.69) is 25.8 Å². The summed E-state index contributed by atoms with van der Waals surface area (Å²) in [4.78, 5) is 16.3. The number of hydrogen-bond donors (Lipinski definition) is 0. The van der Waals surface area contributed by atoms with Crippen molar-refractivity contribution in [2.24, 2.45) is 16.7 Å². The molecule has 0 radical (unpaired) electrons. The average Bonchev–Trinajstić information content (AvgIpc) is 2.74. The Labute approximate surface area is 135 Å². The summed E-state index contributed by atoms with van der Waals surface area (Å²) < 4.78 is 5.80. The number of esters is 1. The van der Waals surface area contributed by atoms with Crippen LogP contribution in [-0.2, 0) is 4.74 Å². The third kappa shape index (κ3) is 2.17. The van der Waals surface area contributed by atoms with Gasteiger partial charge in [0, 0.05) is 11.6 Å². The smallest absolute Gasteiger partial charge is 0.340 e. The van der Waals surface area contributed by atoms with Crippen molar-refractivity contribution in [2.45, 2.75) is 46.1 Å². The molecular weight excluding hydrogens is 309 g/mol. The largest absolute Gasteiger partial charge is 0.458 e. The standard InChI is InChI=1S/C16H19Cl2NO2/c1-15(2)9-4-5-16(15,3)12(6-9)21-14(20)10-7-13(18)19-8-11(10)17/h7-9,12H,4-6H2,1-3H3. The van der Waals surface area contributed by atoms with Crippen LogP contribution in [0.3, 0.4) is 0 Å². The van der Waals surface area contributed by atoms with E-state index in [1.54, 1.807) is 0 Å². The molecule has 3 nitrogen and oxygen atoms in total. The quantitative estimate of drug-likeness (QED) is 0.580. The van der Waals surface area contributed by atoms with E-state index < -0.39 is 5.97 Å². The number of rotatable bonds is 2. The fourth-order valence-corrected chi connectivity index (χ4v) is 4.41. The lowest BCUT2D eigenvalue weighted by Gasteiger charge is -2.38. The third-order valence-corrected chi connectivity index (χ3v) is 6.51. The van der Waals surface area contributed by atoms with Crippen LogP contribution in [0.25, 0.3) is 0 Å². The minimum absolute atomic E-state index is 0.0383. The van der Waals surface area contributed by atoms with Gasteiger partial charge in [-0.2, -0.15) is 0 Å². The topological polar surface area (TPSA) is 39.2 Å². The summed E-state index contributed by atoms with van der Waals surface area (Å²) in [6, 6.07) is 1.47. The Bertz CT molecular complexity index is 602. The van der Waals surface area contributed by atoms with Gasteiger partial charge in [-0.05, 0) is 36.7 Å². The zero-order valence-corrected chi connectivity index (χ0v) is 14.0. The highest BCUT2D eigenvalue weighted by molar-refractivity contribution is 6.34. The van der Waals surface area contributed by atoms with Crippen LogP contribution in [0.2, 0.25) is 10.2 Å². The summed E-state index contributed by atoms with van der Waals surface area (Å²) in [5.41, 5.74) is 0.537. The van der Waals surface area contributed by atoms with Crippen LogP contribution in [0.5, 0.6) is 0 Å². The van der Waals surface area contributed by atoms with Gasteiger partial charge < -0.3 is 4.74 Å². The number of carbonyl (C=O) groups excluding carboxylic acids is 1. The van der Waals surface area contributed by atoms with Crippen molar-refractivity contribution in [2.75, 3.05) is 0 Å². The molecule has 3 atom stereocenters. The third-order valence-electron chi connectivity index (χ3n) is 6.01. The molecule has 2 saturated carbocycles. The Hall–Kier alpha value is -0.800. The average molecular weight is 328 g/mol. The number of ether oxygens (including phenoxy) is 1. The summed E-state index contributed by atoms with van der Waals surface area (Å²) in [7, 11) is 0. The molecule has 0 spiro atoms. The Morgan fingerprint density at radius 1 is 1.38 bits per heavy atom. The van der Waals surface area contributed by atoms with Crippen LogP contribution in [-0.4, -0.2) is 17.1 Å². The van der Waals surface area contributed by atoms with Crippen molar-refractivity contribution in [3.8, 4) is 0 Å². The Morgan fingerprint density at radius 3 is 2.67 bits per heavy atom. The number of pyridine rings is 1. The summed E-state index contributed by atoms with van der Waals surface area (Å²) >= 11 is 11.9. The van der Waals surface area contributed by atoms with Crippen LogP contribution < -0.4 is 0 Å². The van der Waals surface area contributed by atoms with E-state index in [0.717, 1.165) is 12.8 Å². The fourth-order valence-electron chi connectivity index (χ4n) is 4.07. The molecule has 0 saturated heterocycles. The van der Waals surface area contributed by atoms with E-state index in [0.29, 0.717) is 11.5 Å². The van der Waals surface area contributed by atoms with Crippen LogP contribution in [0, 0.1) is 16.7 Å². The number of fused-ring (bicyclic) bond motifs is 2. The zero-order chi connectivity index (χ0) is 15.4. The highest BCUT2D eigenvalue weighted by atomic mass is 35.5. The minimum atomic E-state index is -0.404. The van der Waals surface area contributed by atoms with Crippen molar-refractivity contribution < 1.29 is 9.53 Å². The van der Waals surface area contributed by atoms with Gasteiger partial charge in [-0.1, -0.05) is 44.0 Å². The van der Waals surface area contributed by atoms with Crippen molar-refractivity contribution in [1.82, 2.24) is 4.98 Å². The fraction of sp³-hybridized carbons (Fsp3) is 0.625. The molecule has 2 fully saturated rings. The van der Waals surface area contributed by atoms with Gasteiger partial charge >= 0.3 is 5.97 Å². The monoisotopic (exact) mass is 327 g/mol. The molecule has 21 heavy (non-hydrogen) atoms. The number of carbonyl (C=O) groups is 1. The van der Waals surface area contributed by atoms with E-state index >= 15 is 0 Å². The highest BCUT2D eigenvalue weighted by Gasteiger charge is 2.62. The molecule has 0 N–H and O–H groups in total. The molecule has 0 aromatic carbocycles. The van der Waals surface area contributed by atoms with Gasteiger partial charge in [0.25, 0.3) is 0 Å². The molecule has 0 amide bonds. The predicted molar refractivity (Wildman–Crippen MR) is 82.7 cm³/mol. The highest BCUT2D eigenvalue weighted by Crippen LogP contribution is 2.66. The second-order valence-corrected chi connectivity index (χ2v) is 7.79. The molecule has 0 aliphatic heterocycles. The molecule has 3 unspecified atom stereocenters. The van der Waals surface area contributed by atoms with Gasteiger partial charge in [-0.25, -0.2) is 9.78 Å². The normalized spacial score (nSPS) is 33.2. The first-order valence-electron chi connectivity index (χ1n) is 7.28. The van der Waals surface area contributed by atoms with Gasteiger partial charge in [0.05, 0.1) is 10.6 Å². The van der Waals surface area contributed by atoms with Crippen molar-refractivity contribution >= 4 is 29.2 Å².